The molecule has 0 aromatic carbocycles. The molecule has 1 aliphatic rings. The number of carbonyl (C=O) groups excluding carboxylic acids is 1. The topological polar surface area (TPSA) is 97.5 Å². The van der Waals surface area contributed by atoms with Crippen molar-refractivity contribution in [2.45, 2.75) is 45.3 Å². The van der Waals surface area contributed by atoms with E-state index >= 15 is 0 Å². The highest BCUT2D eigenvalue weighted by molar-refractivity contribution is 5.85. The lowest BCUT2D eigenvalue weighted by molar-refractivity contribution is 0.0165. The number of ether oxygens (including phenoxy) is 1. The molecule has 0 aliphatic carbocycles. The third kappa shape index (κ3) is 3.71. The minimum Gasteiger partial charge on any atom is -0.476 e. The highest BCUT2D eigenvalue weighted by Crippen LogP contribution is 2.23. The third-order valence-corrected chi connectivity index (χ3v) is 3.19. The maximum absolute atomic E-state index is 12.1. The minimum atomic E-state index is -1.07. The second-order valence-corrected chi connectivity index (χ2v) is 6.09. The summed E-state index contributed by atoms with van der Waals surface area (Å²) in [5.74, 6) is -1.07. The molecule has 1 atom stereocenters. The van der Waals surface area contributed by atoms with Crippen LogP contribution in [0.15, 0.2) is 6.20 Å². The Bertz CT molecular complexity index is 535. The van der Waals surface area contributed by atoms with Gasteiger partial charge in [0, 0.05) is 13.1 Å². The predicted molar refractivity (Wildman–Crippen MR) is 73.1 cm³/mol. The summed E-state index contributed by atoms with van der Waals surface area (Å²) in [7, 11) is 0. The average Bonchev–Trinajstić information content (AvgIpc) is 2.86. The fraction of sp³-hybridized carbons (Fsp3) is 0.692. The van der Waals surface area contributed by atoms with Crippen molar-refractivity contribution in [3.05, 3.63) is 11.9 Å². The maximum atomic E-state index is 12.1. The fourth-order valence-electron chi connectivity index (χ4n) is 2.31. The summed E-state index contributed by atoms with van der Waals surface area (Å²) in [5, 5.41) is 16.6. The van der Waals surface area contributed by atoms with E-state index in [2.05, 4.69) is 10.3 Å². The number of aromatic nitrogens is 3. The third-order valence-electron chi connectivity index (χ3n) is 3.19. The van der Waals surface area contributed by atoms with Crippen molar-refractivity contribution in [2.75, 3.05) is 13.1 Å². The van der Waals surface area contributed by atoms with Crippen LogP contribution in [0.5, 0.6) is 0 Å². The number of rotatable bonds is 2. The zero-order chi connectivity index (χ0) is 15.6. The highest BCUT2D eigenvalue weighted by atomic mass is 16.6. The van der Waals surface area contributed by atoms with Gasteiger partial charge in [-0.1, -0.05) is 5.21 Å². The van der Waals surface area contributed by atoms with Gasteiger partial charge in [-0.05, 0) is 33.6 Å². The van der Waals surface area contributed by atoms with Gasteiger partial charge in [0.1, 0.15) is 5.60 Å². The van der Waals surface area contributed by atoms with Gasteiger partial charge in [0.15, 0.2) is 5.69 Å². The Morgan fingerprint density at radius 2 is 2.14 bits per heavy atom. The lowest BCUT2D eigenvalue weighted by Crippen LogP contribution is -2.44. The van der Waals surface area contributed by atoms with Crippen LogP contribution in [0.3, 0.4) is 0 Å². The Morgan fingerprint density at radius 3 is 2.76 bits per heavy atom. The number of nitrogens with zero attached hydrogens (tertiary/aromatic N) is 4. The number of aromatic carboxylic acids is 1. The van der Waals surface area contributed by atoms with Gasteiger partial charge in [0.05, 0.1) is 12.2 Å². The molecule has 0 saturated carbocycles. The molecule has 0 bridgehead atoms. The van der Waals surface area contributed by atoms with Crippen LogP contribution in [0.25, 0.3) is 0 Å². The summed E-state index contributed by atoms with van der Waals surface area (Å²) in [6.07, 6.45) is 2.35. The molecule has 1 unspecified atom stereocenters. The molecule has 2 rings (SSSR count). The monoisotopic (exact) mass is 296 g/mol. The smallest absolute Gasteiger partial charge is 0.410 e. The van der Waals surface area contributed by atoms with Crippen LogP contribution in [0, 0.1) is 0 Å². The van der Waals surface area contributed by atoms with Crippen LogP contribution >= 0.6 is 0 Å². The molecule has 1 N–H and O–H groups in total. The molecule has 1 aliphatic heterocycles. The zero-order valence-electron chi connectivity index (χ0n) is 12.4. The molecule has 0 spiro atoms. The summed E-state index contributed by atoms with van der Waals surface area (Å²) in [4.78, 5) is 24.8. The van der Waals surface area contributed by atoms with Crippen molar-refractivity contribution in [1.29, 1.82) is 0 Å². The van der Waals surface area contributed by atoms with E-state index in [-0.39, 0.29) is 17.8 Å². The Kier molecular flexibility index (Phi) is 4.15. The molecule has 1 amide bonds. The van der Waals surface area contributed by atoms with Gasteiger partial charge in [-0.25, -0.2) is 14.3 Å². The van der Waals surface area contributed by atoms with Crippen molar-refractivity contribution < 1.29 is 19.4 Å². The number of piperidine rings is 1. The lowest BCUT2D eigenvalue weighted by atomic mass is 10.1. The second-order valence-electron chi connectivity index (χ2n) is 6.09. The molecule has 21 heavy (non-hydrogen) atoms. The molecule has 1 saturated heterocycles. The van der Waals surface area contributed by atoms with Gasteiger partial charge >= 0.3 is 12.1 Å². The molecule has 1 fully saturated rings. The van der Waals surface area contributed by atoms with Crippen LogP contribution in [-0.4, -0.2) is 55.8 Å². The van der Waals surface area contributed by atoms with Gasteiger partial charge in [0.2, 0.25) is 0 Å². The van der Waals surface area contributed by atoms with Crippen molar-refractivity contribution in [3.63, 3.8) is 0 Å². The first-order valence-corrected chi connectivity index (χ1v) is 6.89. The van der Waals surface area contributed by atoms with E-state index in [4.69, 9.17) is 9.84 Å². The molecule has 1 aromatic heterocycles. The van der Waals surface area contributed by atoms with Crippen molar-refractivity contribution in [1.82, 2.24) is 19.9 Å². The van der Waals surface area contributed by atoms with E-state index in [1.54, 1.807) is 4.90 Å². The normalized spacial score (nSPS) is 19.4. The number of carboxylic acid groups (broad SMARTS) is 1. The molecular formula is C13H20N4O4. The highest BCUT2D eigenvalue weighted by Gasteiger charge is 2.30. The van der Waals surface area contributed by atoms with Crippen molar-refractivity contribution in [3.8, 4) is 0 Å². The lowest BCUT2D eigenvalue weighted by Gasteiger charge is -2.34. The maximum Gasteiger partial charge on any atom is 0.410 e. The minimum absolute atomic E-state index is 0.0334. The fourth-order valence-corrected chi connectivity index (χ4v) is 2.31. The van der Waals surface area contributed by atoms with E-state index < -0.39 is 11.6 Å². The summed E-state index contributed by atoms with van der Waals surface area (Å²) in [6, 6.07) is -0.195. The number of hydrogen-bond acceptors (Lipinski definition) is 5. The van der Waals surface area contributed by atoms with Gasteiger partial charge < -0.3 is 14.7 Å². The van der Waals surface area contributed by atoms with Crippen LogP contribution in [-0.2, 0) is 4.74 Å². The SMILES string of the molecule is CC(C)(C)OC(=O)N1CCCC(n2nncc2C(=O)O)C1. The number of amides is 1. The molecule has 8 nitrogen and oxygen atoms in total. The van der Waals surface area contributed by atoms with Crippen molar-refractivity contribution in [2.24, 2.45) is 0 Å². The molecular weight excluding hydrogens is 276 g/mol. The van der Waals surface area contributed by atoms with Crippen LogP contribution in [0.2, 0.25) is 0 Å². The van der Waals surface area contributed by atoms with Gasteiger partial charge in [-0.2, -0.15) is 0 Å². The molecule has 0 radical (unpaired) electrons. The largest absolute Gasteiger partial charge is 0.476 e. The van der Waals surface area contributed by atoms with Crippen LogP contribution < -0.4 is 0 Å². The van der Waals surface area contributed by atoms with E-state index in [0.29, 0.717) is 13.1 Å². The van der Waals surface area contributed by atoms with Crippen molar-refractivity contribution >= 4 is 12.1 Å². The number of carboxylic acids is 1. The first kappa shape index (κ1) is 15.3. The van der Waals surface area contributed by atoms with Gasteiger partial charge in [-0.3, -0.25) is 0 Å². The second kappa shape index (κ2) is 5.71. The predicted octanol–water partition coefficient (Wildman–Crippen LogP) is 1.55. The summed E-state index contributed by atoms with van der Waals surface area (Å²) in [5.41, 5.74) is -0.519. The molecule has 2 heterocycles. The number of hydrogen-bond donors (Lipinski definition) is 1. The van der Waals surface area contributed by atoms with E-state index in [9.17, 15) is 9.59 Å². The van der Waals surface area contributed by atoms with Crippen LogP contribution in [0.4, 0.5) is 4.79 Å². The Labute approximate surface area is 122 Å². The Hall–Kier alpha value is -2.12. The van der Waals surface area contributed by atoms with E-state index in [1.165, 1.54) is 10.9 Å². The summed E-state index contributed by atoms with van der Waals surface area (Å²) >= 11 is 0. The zero-order valence-corrected chi connectivity index (χ0v) is 12.4. The quantitative estimate of drug-likeness (QED) is 0.889. The first-order chi connectivity index (χ1) is 9.78. The Morgan fingerprint density at radius 1 is 1.43 bits per heavy atom. The molecule has 8 heteroatoms. The standard InChI is InChI=1S/C13H20N4O4/c1-13(2,3)21-12(20)16-6-4-5-9(8-16)17-10(11(18)19)7-14-15-17/h7,9H,4-6,8H2,1-3H3,(H,18,19). The van der Waals surface area contributed by atoms with Gasteiger partial charge in [0.25, 0.3) is 0 Å². The van der Waals surface area contributed by atoms with E-state index in [1.807, 2.05) is 20.8 Å². The summed E-state index contributed by atoms with van der Waals surface area (Å²) < 4.78 is 6.72. The van der Waals surface area contributed by atoms with E-state index in [0.717, 1.165) is 12.8 Å². The molecule has 116 valence electrons. The number of carbonyl (C=O) groups is 2. The van der Waals surface area contributed by atoms with Gasteiger partial charge in [-0.15, -0.1) is 5.10 Å². The first-order valence-electron chi connectivity index (χ1n) is 6.89. The average molecular weight is 296 g/mol. The van der Waals surface area contributed by atoms with Crippen LogP contribution in [0.1, 0.15) is 50.1 Å². The Balaban J connectivity index is 2.09. The summed E-state index contributed by atoms with van der Waals surface area (Å²) in [6.45, 7) is 6.41. The molecule has 1 aromatic rings. The number of likely N-dealkylation sites (tertiary alicyclic amines) is 1.